The van der Waals surface area contributed by atoms with Gasteiger partial charge >= 0.3 is 5.97 Å². The van der Waals surface area contributed by atoms with E-state index in [2.05, 4.69) is 36.3 Å². The molecule has 0 radical (unpaired) electrons. The van der Waals surface area contributed by atoms with Gasteiger partial charge in [-0.2, -0.15) is 0 Å². The van der Waals surface area contributed by atoms with Crippen LogP contribution in [0, 0.1) is 0 Å². The number of ether oxygens (including phenoxy) is 2. The van der Waals surface area contributed by atoms with E-state index in [-0.39, 0.29) is 5.97 Å². The van der Waals surface area contributed by atoms with Gasteiger partial charge in [0.2, 0.25) is 0 Å². The fraction of sp³-hybridized carbons (Fsp3) is 0.385. The molecule has 0 fully saturated rings. The van der Waals surface area contributed by atoms with Crippen molar-refractivity contribution in [2.45, 2.75) is 58.8 Å². The molecule has 0 aliphatic heterocycles. The van der Waals surface area contributed by atoms with E-state index in [0.717, 1.165) is 35.3 Å². The first-order valence-electron chi connectivity index (χ1n) is 11.1. The lowest BCUT2D eigenvalue weighted by Gasteiger charge is -2.19. The standard InChI is InChI=1S/C26H34N2O3Si/c1-26(2,3)31-25(29)22-14-12-21(13-15-22)24-27-18-23(20-10-8-7-9-11-20)28(24)19-30-16-17-32(4,5)6/h7-15,18H,16-17,19H2,1-6H3. The molecule has 5 nitrogen and oxygen atoms in total. The minimum Gasteiger partial charge on any atom is -0.456 e. The van der Waals surface area contributed by atoms with Gasteiger partial charge in [0, 0.05) is 20.2 Å². The van der Waals surface area contributed by atoms with Crippen LogP contribution < -0.4 is 0 Å². The van der Waals surface area contributed by atoms with Gasteiger partial charge in [-0.25, -0.2) is 9.78 Å². The Morgan fingerprint density at radius 3 is 2.22 bits per heavy atom. The molecular formula is C26H34N2O3Si. The molecule has 3 aromatic rings. The largest absolute Gasteiger partial charge is 0.456 e. The average molecular weight is 451 g/mol. The Bertz CT molecular complexity index is 1030. The summed E-state index contributed by atoms with van der Waals surface area (Å²) in [4.78, 5) is 17.1. The predicted octanol–water partition coefficient (Wildman–Crippen LogP) is 6.48. The summed E-state index contributed by atoms with van der Waals surface area (Å²) < 4.78 is 13.6. The maximum Gasteiger partial charge on any atom is 0.338 e. The Labute approximate surface area is 192 Å². The monoisotopic (exact) mass is 450 g/mol. The number of rotatable bonds is 8. The highest BCUT2D eigenvalue weighted by Crippen LogP contribution is 2.27. The van der Waals surface area contributed by atoms with Gasteiger partial charge in [0.1, 0.15) is 18.2 Å². The van der Waals surface area contributed by atoms with Gasteiger partial charge in [-0.1, -0.05) is 62.1 Å². The second kappa shape index (κ2) is 9.84. The Morgan fingerprint density at radius 2 is 1.62 bits per heavy atom. The van der Waals surface area contributed by atoms with E-state index in [4.69, 9.17) is 14.5 Å². The highest BCUT2D eigenvalue weighted by Gasteiger charge is 2.19. The number of hydrogen-bond acceptors (Lipinski definition) is 4. The number of carbonyl (C=O) groups excluding carboxylic acids is 1. The number of hydrogen-bond donors (Lipinski definition) is 0. The van der Waals surface area contributed by atoms with Crippen LogP contribution in [0.3, 0.4) is 0 Å². The van der Waals surface area contributed by atoms with E-state index in [1.54, 1.807) is 12.1 Å². The molecule has 32 heavy (non-hydrogen) atoms. The summed E-state index contributed by atoms with van der Waals surface area (Å²) >= 11 is 0. The molecule has 0 atom stereocenters. The number of benzene rings is 2. The molecule has 0 saturated carbocycles. The predicted molar refractivity (Wildman–Crippen MR) is 132 cm³/mol. The van der Waals surface area contributed by atoms with Crippen molar-refractivity contribution in [1.29, 1.82) is 0 Å². The molecule has 0 N–H and O–H groups in total. The van der Waals surface area contributed by atoms with Crippen molar-refractivity contribution in [3.8, 4) is 22.6 Å². The Kier molecular flexibility index (Phi) is 7.36. The van der Waals surface area contributed by atoms with Gasteiger partial charge in [-0.05, 0) is 44.5 Å². The van der Waals surface area contributed by atoms with E-state index >= 15 is 0 Å². The van der Waals surface area contributed by atoms with Crippen molar-refractivity contribution in [2.75, 3.05) is 6.61 Å². The Hall–Kier alpha value is -2.70. The molecule has 6 heteroatoms. The summed E-state index contributed by atoms with van der Waals surface area (Å²) in [6.07, 6.45) is 1.88. The smallest absolute Gasteiger partial charge is 0.338 e. The second-order valence-electron chi connectivity index (χ2n) is 10.2. The zero-order valence-electron chi connectivity index (χ0n) is 20.0. The van der Waals surface area contributed by atoms with Crippen LogP contribution in [0.15, 0.2) is 60.8 Å². The molecular weight excluding hydrogens is 416 g/mol. The lowest BCUT2D eigenvalue weighted by Crippen LogP contribution is -2.23. The maximum absolute atomic E-state index is 12.4. The third-order valence-electron chi connectivity index (χ3n) is 4.92. The summed E-state index contributed by atoms with van der Waals surface area (Å²) in [7, 11) is -1.16. The van der Waals surface area contributed by atoms with Crippen molar-refractivity contribution in [1.82, 2.24) is 9.55 Å². The lowest BCUT2D eigenvalue weighted by atomic mass is 10.1. The van der Waals surface area contributed by atoms with Crippen LogP contribution in [-0.4, -0.2) is 35.8 Å². The van der Waals surface area contributed by atoms with Crippen molar-refractivity contribution in [3.63, 3.8) is 0 Å². The molecule has 0 saturated heterocycles. The summed E-state index contributed by atoms with van der Waals surface area (Å²) in [5, 5.41) is 0. The highest BCUT2D eigenvalue weighted by molar-refractivity contribution is 6.76. The molecule has 0 aliphatic carbocycles. The molecule has 0 amide bonds. The van der Waals surface area contributed by atoms with Gasteiger partial charge in [0.15, 0.2) is 0 Å². The molecule has 0 aliphatic rings. The zero-order chi connectivity index (χ0) is 23.4. The molecule has 170 valence electrons. The molecule has 3 rings (SSSR count). The van der Waals surface area contributed by atoms with Crippen molar-refractivity contribution in [3.05, 3.63) is 66.4 Å². The summed E-state index contributed by atoms with van der Waals surface area (Å²) in [6, 6.07) is 18.7. The van der Waals surface area contributed by atoms with E-state index in [1.165, 1.54) is 0 Å². The Morgan fingerprint density at radius 1 is 0.969 bits per heavy atom. The minimum absolute atomic E-state index is 0.327. The Balaban J connectivity index is 1.87. The van der Waals surface area contributed by atoms with E-state index in [1.807, 2.05) is 57.3 Å². The van der Waals surface area contributed by atoms with Crippen LogP contribution in [0.2, 0.25) is 25.7 Å². The SMILES string of the molecule is CC(C)(C)OC(=O)c1ccc(-c2ncc(-c3ccccc3)n2COCC[Si](C)(C)C)cc1. The molecule has 0 bridgehead atoms. The molecule has 2 aromatic carbocycles. The zero-order valence-corrected chi connectivity index (χ0v) is 21.0. The summed E-state index contributed by atoms with van der Waals surface area (Å²) in [5.74, 6) is 0.486. The normalized spacial score (nSPS) is 12.1. The van der Waals surface area contributed by atoms with E-state index < -0.39 is 13.7 Å². The number of aromatic nitrogens is 2. The first kappa shape index (κ1) is 23.9. The van der Waals surface area contributed by atoms with Gasteiger partial charge in [0.05, 0.1) is 17.5 Å². The third-order valence-corrected chi connectivity index (χ3v) is 6.62. The van der Waals surface area contributed by atoms with Crippen molar-refractivity contribution < 1.29 is 14.3 Å². The fourth-order valence-electron chi connectivity index (χ4n) is 3.20. The van der Waals surface area contributed by atoms with Crippen molar-refractivity contribution in [2.24, 2.45) is 0 Å². The summed E-state index contributed by atoms with van der Waals surface area (Å²) in [6.45, 7) is 13.8. The number of esters is 1. The first-order valence-corrected chi connectivity index (χ1v) is 14.8. The minimum atomic E-state index is -1.16. The molecule has 1 heterocycles. The van der Waals surface area contributed by atoms with Crippen molar-refractivity contribution >= 4 is 14.0 Å². The van der Waals surface area contributed by atoms with Gasteiger partial charge in [-0.3, -0.25) is 4.57 Å². The quantitative estimate of drug-likeness (QED) is 0.224. The number of carbonyl (C=O) groups is 1. The maximum atomic E-state index is 12.4. The lowest BCUT2D eigenvalue weighted by molar-refractivity contribution is 0.00695. The average Bonchev–Trinajstić information content (AvgIpc) is 3.14. The van der Waals surface area contributed by atoms with E-state index in [9.17, 15) is 4.79 Å². The number of imidazole rings is 1. The van der Waals surface area contributed by atoms with Crippen LogP contribution >= 0.6 is 0 Å². The highest BCUT2D eigenvalue weighted by atomic mass is 28.3. The topological polar surface area (TPSA) is 53.3 Å². The third kappa shape index (κ3) is 6.65. The van der Waals surface area contributed by atoms with Crippen LogP contribution in [-0.2, 0) is 16.2 Å². The first-order chi connectivity index (χ1) is 15.0. The molecule has 0 unspecified atom stereocenters. The van der Waals surface area contributed by atoms with Crippen LogP contribution in [0.4, 0.5) is 0 Å². The van der Waals surface area contributed by atoms with Gasteiger partial charge in [-0.15, -0.1) is 0 Å². The van der Waals surface area contributed by atoms with Gasteiger partial charge in [0.25, 0.3) is 0 Å². The molecule has 1 aromatic heterocycles. The number of nitrogens with zero attached hydrogens (tertiary/aromatic N) is 2. The van der Waals surface area contributed by atoms with Crippen LogP contribution in [0.5, 0.6) is 0 Å². The second-order valence-corrected chi connectivity index (χ2v) is 15.8. The summed E-state index contributed by atoms with van der Waals surface area (Å²) in [5.41, 5.74) is 3.02. The van der Waals surface area contributed by atoms with Crippen LogP contribution in [0.1, 0.15) is 31.1 Å². The van der Waals surface area contributed by atoms with Gasteiger partial charge < -0.3 is 9.47 Å². The fourth-order valence-corrected chi connectivity index (χ4v) is 3.96. The van der Waals surface area contributed by atoms with E-state index in [0.29, 0.717) is 12.3 Å². The van der Waals surface area contributed by atoms with Crippen LogP contribution in [0.25, 0.3) is 22.6 Å². The molecule has 0 spiro atoms.